The minimum atomic E-state index is 0.661. The highest BCUT2D eigenvalue weighted by Gasteiger charge is 2.06. The predicted octanol–water partition coefficient (Wildman–Crippen LogP) is 4.47. The molecule has 2 aromatic rings. The molecule has 1 aromatic heterocycles. The van der Waals surface area contributed by atoms with E-state index in [9.17, 15) is 0 Å². The van der Waals surface area contributed by atoms with E-state index in [1.54, 1.807) is 0 Å². The van der Waals surface area contributed by atoms with Crippen LogP contribution in [0, 0.1) is 12.8 Å². The molecule has 0 saturated heterocycles. The van der Waals surface area contributed by atoms with Gasteiger partial charge in [0.25, 0.3) is 0 Å². The molecule has 21 heavy (non-hydrogen) atoms. The number of hydrogen-bond donors (Lipinski definition) is 1. The van der Waals surface area contributed by atoms with Gasteiger partial charge in [-0.2, -0.15) is 0 Å². The number of anilines is 1. The van der Waals surface area contributed by atoms with Gasteiger partial charge in [0.15, 0.2) is 0 Å². The molecule has 0 spiro atoms. The molecule has 1 N–H and O–H groups in total. The zero-order chi connectivity index (χ0) is 15.2. The first-order chi connectivity index (χ1) is 10.1. The van der Waals surface area contributed by atoms with Crippen LogP contribution in [0.5, 0.6) is 0 Å². The molecule has 0 aliphatic heterocycles. The van der Waals surface area contributed by atoms with Crippen molar-refractivity contribution in [3.05, 3.63) is 41.6 Å². The summed E-state index contributed by atoms with van der Waals surface area (Å²) in [7, 11) is 0. The molecule has 0 unspecified atom stereocenters. The third kappa shape index (κ3) is 4.55. The first kappa shape index (κ1) is 15.5. The SMILES string of the molecule is CCCNc1nc(C)cc(-c2cccc(CC(C)C)c2)n1. The monoisotopic (exact) mass is 283 g/mol. The Hall–Kier alpha value is -1.90. The van der Waals surface area contributed by atoms with Gasteiger partial charge in [-0.25, -0.2) is 9.97 Å². The van der Waals surface area contributed by atoms with Gasteiger partial charge in [-0.15, -0.1) is 0 Å². The third-order valence-electron chi connectivity index (χ3n) is 3.25. The molecule has 1 aromatic carbocycles. The average molecular weight is 283 g/mol. The summed E-state index contributed by atoms with van der Waals surface area (Å²) in [5.74, 6) is 1.38. The van der Waals surface area contributed by atoms with Crippen LogP contribution in [0.3, 0.4) is 0 Å². The maximum atomic E-state index is 4.64. The van der Waals surface area contributed by atoms with Crippen molar-refractivity contribution in [3.63, 3.8) is 0 Å². The highest BCUT2D eigenvalue weighted by Crippen LogP contribution is 2.21. The molecule has 112 valence electrons. The largest absolute Gasteiger partial charge is 0.354 e. The van der Waals surface area contributed by atoms with Gasteiger partial charge in [-0.1, -0.05) is 39.0 Å². The van der Waals surface area contributed by atoms with Crippen LogP contribution in [0.15, 0.2) is 30.3 Å². The van der Waals surface area contributed by atoms with Crippen LogP contribution in [-0.4, -0.2) is 16.5 Å². The van der Waals surface area contributed by atoms with Crippen molar-refractivity contribution in [1.29, 1.82) is 0 Å². The molecule has 0 amide bonds. The number of nitrogens with one attached hydrogen (secondary N) is 1. The van der Waals surface area contributed by atoms with Crippen molar-refractivity contribution in [2.75, 3.05) is 11.9 Å². The molecule has 1 heterocycles. The highest BCUT2D eigenvalue weighted by molar-refractivity contribution is 5.61. The number of rotatable bonds is 6. The van der Waals surface area contributed by atoms with E-state index in [1.165, 1.54) is 5.56 Å². The Bertz CT molecular complexity index is 591. The fourth-order valence-electron chi connectivity index (χ4n) is 2.36. The standard InChI is InChI=1S/C18H25N3/c1-5-9-19-18-20-14(4)11-17(21-18)16-8-6-7-15(12-16)10-13(2)3/h6-8,11-13H,5,9-10H2,1-4H3,(H,19,20,21). The zero-order valence-electron chi connectivity index (χ0n) is 13.5. The average Bonchev–Trinajstić information content (AvgIpc) is 2.44. The molecule has 0 bridgehead atoms. The molecular weight excluding hydrogens is 258 g/mol. The van der Waals surface area contributed by atoms with Gasteiger partial charge >= 0.3 is 0 Å². The lowest BCUT2D eigenvalue weighted by atomic mass is 10.00. The van der Waals surface area contributed by atoms with Crippen molar-refractivity contribution in [3.8, 4) is 11.3 Å². The van der Waals surface area contributed by atoms with Crippen molar-refractivity contribution in [2.24, 2.45) is 5.92 Å². The number of aromatic nitrogens is 2. The minimum absolute atomic E-state index is 0.661. The Morgan fingerprint density at radius 3 is 2.67 bits per heavy atom. The molecule has 2 rings (SSSR count). The normalized spacial score (nSPS) is 10.9. The van der Waals surface area contributed by atoms with E-state index < -0.39 is 0 Å². The Morgan fingerprint density at radius 2 is 1.95 bits per heavy atom. The first-order valence-electron chi connectivity index (χ1n) is 7.77. The van der Waals surface area contributed by atoms with Crippen LogP contribution in [-0.2, 0) is 6.42 Å². The summed E-state index contributed by atoms with van der Waals surface area (Å²) >= 11 is 0. The first-order valence-corrected chi connectivity index (χ1v) is 7.77. The fraction of sp³-hybridized carbons (Fsp3) is 0.444. The summed E-state index contributed by atoms with van der Waals surface area (Å²) in [6, 6.07) is 10.7. The Balaban J connectivity index is 2.30. The van der Waals surface area contributed by atoms with Gasteiger partial charge in [0.1, 0.15) is 0 Å². The Morgan fingerprint density at radius 1 is 1.14 bits per heavy atom. The molecule has 0 aliphatic carbocycles. The van der Waals surface area contributed by atoms with Crippen molar-refractivity contribution in [2.45, 2.75) is 40.5 Å². The van der Waals surface area contributed by atoms with Gasteiger partial charge in [0.2, 0.25) is 5.95 Å². The lowest BCUT2D eigenvalue weighted by molar-refractivity contribution is 0.647. The smallest absolute Gasteiger partial charge is 0.223 e. The van der Waals surface area contributed by atoms with Gasteiger partial charge in [-0.3, -0.25) is 0 Å². The van der Waals surface area contributed by atoms with Gasteiger partial charge in [-0.05, 0) is 43.4 Å². The predicted molar refractivity (Wildman–Crippen MR) is 89.5 cm³/mol. The van der Waals surface area contributed by atoms with E-state index in [0.29, 0.717) is 5.92 Å². The zero-order valence-corrected chi connectivity index (χ0v) is 13.5. The van der Waals surface area contributed by atoms with Crippen LogP contribution in [0.25, 0.3) is 11.3 Å². The van der Waals surface area contributed by atoms with E-state index in [1.807, 2.05) is 13.0 Å². The maximum Gasteiger partial charge on any atom is 0.223 e. The second-order valence-electron chi connectivity index (χ2n) is 5.94. The second-order valence-corrected chi connectivity index (χ2v) is 5.94. The number of benzene rings is 1. The maximum absolute atomic E-state index is 4.64. The highest BCUT2D eigenvalue weighted by atomic mass is 15.1. The van der Waals surface area contributed by atoms with Gasteiger partial charge in [0.05, 0.1) is 5.69 Å². The molecule has 0 aliphatic rings. The van der Waals surface area contributed by atoms with E-state index in [4.69, 9.17) is 0 Å². The number of aryl methyl sites for hydroxylation is 1. The summed E-state index contributed by atoms with van der Waals surface area (Å²) in [4.78, 5) is 9.08. The van der Waals surface area contributed by atoms with E-state index in [0.717, 1.165) is 42.3 Å². The van der Waals surface area contributed by atoms with Crippen molar-refractivity contribution in [1.82, 2.24) is 9.97 Å². The lowest BCUT2D eigenvalue weighted by Crippen LogP contribution is -2.05. The third-order valence-corrected chi connectivity index (χ3v) is 3.25. The minimum Gasteiger partial charge on any atom is -0.354 e. The van der Waals surface area contributed by atoms with Crippen LogP contribution in [0.1, 0.15) is 38.4 Å². The van der Waals surface area contributed by atoms with E-state index >= 15 is 0 Å². The molecule has 3 nitrogen and oxygen atoms in total. The molecule has 3 heteroatoms. The summed E-state index contributed by atoms with van der Waals surface area (Å²) in [6.45, 7) is 9.54. The topological polar surface area (TPSA) is 37.8 Å². The number of hydrogen-bond acceptors (Lipinski definition) is 3. The van der Waals surface area contributed by atoms with E-state index in [-0.39, 0.29) is 0 Å². The summed E-state index contributed by atoms with van der Waals surface area (Å²) in [6.07, 6.45) is 2.16. The summed E-state index contributed by atoms with van der Waals surface area (Å²) in [5, 5.41) is 3.27. The number of nitrogens with zero attached hydrogens (tertiary/aromatic N) is 2. The summed E-state index contributed by atoms with van der Waals surface area (Å²) in [5.41, 5.74) is 4.51. The van der Waals surface area contributed by atoms with Crippen molar-refractivity contribution >= 4 is 5.95 Å². The molecular formula is C18H25N3. The fourth-order valence-corrected chi connectivity index (χ4v) is 2.36. The summed E-state index contributed by atoms with van der Waals surface area (Å²) < 4.78 is 0. The quantitative estimate of drug-likeness (QED) is 0.849. The van der Waals surface area contributed by atoms with Gasteiger partial charge in [0, 0.05) is 17.8 Å². The molecule has 0 fully saturated rings. The van der Waals surface area contributed by atoms with Crippen molar-refractivity contribution < 1.29 is 0 Å². The molecule has 0 saturated carbocycles. The molecule has 0 atom stereocenters. The van der Waals surface area contributed by atoms with Crippen LogP contribution in [0.2, 0.25) is 0 Å². The Labute approximate surface area is 127 Å². The van der Waals surface area contributed by atoms with Crippen LogP contribution >= 0.6 is 0 Å². The van der Waals surface area contributed by atoms with Gasteiger partial charge < -0.3 is 5.32 Å². The van der Waals surface area contributed by atoms with Crippen LogP contribution in [0.4, 0.5) is 5.95 Å². The lowest BCUT2D eigenvalue weighted by Gasteiger charge is -2.10. The second kappa shape index (κ2) is 7.21. The molecule has 0 radical (unpaired) electrons. The van der Waals surface area contributed by atoms with Crippen LogP contribution < -0.4 is 5.32 Å². The van der Waals surface area contributed by atoms with E-state index in [2.05, 4.69) is 60.3 Å². The Kier molecular flexibility index (Phi) is 5.32.